The lowest BCUT2D eigenvalue weighted by atomic mass is 10.2. The summed E-state index contributed by atoms with van der Waals surface area (Å²) in [5.41, 5.74) is 3.76. The predicted molar refractivity (Wildman–Crippen MR) is 129 cm³/mol. The second-order valence-electron chi connectivity index (χ2n) is 7.28. The molecule has 2 aromatic heterocycles. The monoisotopic (exact) mass is 517 g/mol. The number of aryl methyl sites for hydroxylation is 1. The summed E-state index contributed by atoms with van der Waals surface area (Å²) in [6.07, 6.45) is 0.244. The van der Waals surface area contributed by atoms with Gasteiger partial charge in [-0.1, -0.05) is 35.9 Å². The first-order chi connectivity index (χ1) is 17.0. The van der Waals surface area contributed by atoms with E-state index in [-0.39, 0.29) is 5.91 Å². The second kappa shape index (κ2) is 11.4. The van der Waals surface area contributed by atoms with Gasteiger partial charge in [-0.2, -0.15) is 13.2 Å². The van der Waals surface area contributed by atoms with Crippen LogP contribution in [0.25, 0.3) is 11.1 Å². The van der Waals surface area contributed by atoms with E-state index in [9.17, 15) is 18.0 Å². The Morgan fingerprint density at radius 3 is 2.14 bits per heavy atom. The molecule has 186 valence electrons. The Morgan fingerprint density at radius 1 is 0.944 bits per heavy atom. The number of carbonyl (C=O) groups excluding carboxylic acids is 1. The molecule has 0 unspecified atom stereocenters. The molecule has 2 aromatic carbocycles. The fourth-order valence-electron chi connectivity index (χ4n) is 2.90. The van der Waals surface area contributed by atoms with Crippen molar-refractivity contribution in [3.8, 4) is 11.1 Å². The highest BCUT2D eigenvalue weighted by Gasteiger charge is 2.38. The van der Waals surface area contributed by atoms with Gasteiger partial charge in [0.05, 0.1) is 0 Å². The molecular weight excluding hydrogens is 499 g/mol. The highest BCUT2D eigenvalue weighted by Crippen LogP contribution is 2.23. The van der Waals surface area contributed by atoms with E-state index in [1.165, 1.54) is 0 Å². The van der Waals surface area contributed by atoms with Gasteiger partial charge in [0.15, 0.2) is 0 Å². The number of para-hydroxylation sites is 1. The molecule has 0 fully saturated rings. The van der Waals surface area contributed by atoms with Crippen molar-refractivity contribution in [2.75, 3.05) is 10.6 Å². The third kappa shape index (κ3) is 7.31. The molecule has 0 saturated carbocycles. The fourth-order valence-corrected chi connectivity index (χ4v) is 3.09. The van der Waals surface area contributed by atoms with Gasteiger partial charge in [0.1, 0.15) is 5.69 Å². The SMILES string of the molecule is Cn1cc(-c2cnc(Nc3ccccc3)nc2)cc1C(=O)Nc1cccc(Cl)c1.O=C(O)C(F)(F)F. The predicted octanol–water partition coefficient (Wildman–Crippen LogP) is 5.76. The van der Waals surface area contributed by atoms with Crippen LogP contribution in [0.1, 0.15) is 10.5 Å². The van der Waals surface area contributed by atoms with E-state index in [0.717, 1.165) is 16.8 Å². The molecule has 3 N–H and O–H groups in total. The maximum absolute atomic E-state index is 12.6. The molecule has 0 saturated heterocycles. The van der Waals surface area contributed by atoms with Gasteiger partial charge < -0.3 is 20.3 Å². The topological polar surface area (TPSA) is 109 Å². The van der Waals surface area contributed by atoms with Crippen LogP contribution in [0, 0.1) is 0 Å². The Morgan fingerprint density at radius 2 is 1.56 bits per heavy atom. The van der Waals surface area contributed by atoms with Gasteiger partial charge in [-0.3, -0.25) is 4.79 Å². The highest BCUT2D eigenvalue weighted by molar-refractivity contribution is 6.31. The summed E-state index contributed by atoms with van der Waals surface area (Å²) in [7, 11) is 1.82. The van der Waals surface area contributed by atoms with Gasteiger partial charge in [-0.05, 0) is 36.4 Å². The number of anilines is 3. The number of carbonyl (C=O) groups is 2. The number of benzene rings is 2. The molecule has 0 aliphatic rings. The average molecular weight is 518 g/mol. The van der Waals surface area contributed by atoms with Crippen molar-refractivity contribution in [2.24, 2.45) is 7.05 Å². The molecule has 0 spiro atoms. The van der Waals surface area contributed by atoms with Gasteiger partial charge in [0.2, 0.25) is 5.95 Å². The van der Waals surface area contributed by atoms with Crippen molar-refractivity contribution < 1.29 is 27.9 Å². The molecule has 4 rings (SSSR count). The summed E-state index contributed by atoms with van der Waals surface area (Å²) >= 11 is 5.98. The number of hydrogen-bond donors (Lipinski definition) is 3. The van der Waals surface area contributed by atoms with Crippen molar-refractivity contribution in [1.82, 2.24) is 14.5 Å². The first kappa shape index (κ1) is 26.2. The zero-order valence-electron chi connectivity index (χ0n) is 18.6. The molecule has 0 aliphatic heterocycles. The van der Waals surface area contributed by atoms with E-state index in [4.69, 9.17) is 21.5 Å². The summed E-state index contributed by atoms with van der Waals surface area (Å²) < 4.78 is 33.5. The lowest BCUT2D eigenvalue weighted by Crippen LogP contribution is -2.21. The lowest BCUT2D eigenvalue weighted by Gasteiger charge is -2.06. The van der Waals surface area contributed by atoms with Gasteiger partial charge in [0, 0.05) is 53.2 Å². The molecular formula is C24H19ClF3N5O3. The summed E-state index contributed by atoms with van der Waals surface area (Å²) in [4.78, 5) is 30.3. The number of carboxylic acids is 1. The van der Waals surface area contributed by atoms with Crippen molar-refractivity contribution in [1.29, 1.82) is 0 Å². The molecule has 0 atom stereocenters. The van der Waals surface area contributed by atoms with Crippen LogP contribution in [0.5, 0.6) is 0 Å². The molecule has 0 radical (unpaired) electrons. The number of carboxylic acid groups (broad SMARTS) is 1. The Balaban J connectivity index is 0.000000454. The maximum atomic E-state index is 12.6. The smallest absolute Gasteiger partial charge is 0.475 e. The average Bonchev–Trinajstić information content (AvgIpc) is 3.22. The Hall–Kier alpha value is -4.38. The highest BCUT2D eigenvalue weighted by atomic mass is 35.5. The molecule has 36 heavy (non-hydrogen) atoms. The Kier molecular flexibility index (Phi) is 8.28. The van der Waals surface area contributed by atoms with Crippen molar-refractivity contribution >= 4 is 40.8 Å². The van der Waals surface area contributed by atoms with E-state index in [0.29, 0.717) is 22.4 Å². The summed E-state index contributed by atoms with van der Waals surface area (Å²) in [6.45, 7) is 0. The summed E-state index contributed by atoms with van der Waals surface area (Å²) in [5, 5.41) is 13.7. The van der Waals surface area contributed by atoms with Crippen molar-refractivity contribution in [3.05, 3.63) is 90.0 Å². The zero-order valence-corrected chi connectivity index (χ0v) is 19.4. The van der Waals surface area contributed by atoms with Gasteiger partial charge >= 0.3 is 12.1 Å². The van der Waals surface area contributed by atoms with E-state index >= 15 is 0 Å². The van der Waals surface area contributed by atoms with Crippen LogP contribution in [0.4, 0.5) is 30.5 Å². The first-order valence-corrected chi connectivity index (χ1v) is 10.6. The Bertz CT molecular complexity index is 1340. The molecule has 8 nitrogen and oxygen atoms in total. The largest absolute Gasteiger partial charge is 0.490 e. The van der Waals surface area contributed by atoms with Crippen LogP contribution >= 0.6 is 11.6 Å². The number of nitrogens with zero attached hydrogens (tertiary/aromatic N) is 3. The van der Waals surface area contributed by atoms with Crippen LogP contribution < -0.4 is 10.6 Å². The molecule has 0 bridgehead atoms. The summed E-state index contributed by atoms with van der Waals surface area (Å²) in [5.74, 6) is -2.47. The fraction of sp³-hybridized carbons (Fsp3) is 0.0833. The van der Waals surface area contributed by atoms with Gasteiger partial charge in [-0.25, -0.2) is 14.8 Å². The number of aromatic nitrogens is 3. The Labute approximate surface area is 208 Å². The molecule has 12 heteroatoms. The number of rotatable bonds is 5. The summed E-state index contributed by atoms with van der Waals surface area (Å²) in [6, 6.07) is 18.6. The van der Waals surface area contributed by atoms with E-state index in [1.807, 2.05) is 49.6 Å². The van der Waals surface area contributed by atoms with Crippen LogP contribution in [0.2, 0.25) is 5.02 Å². The number of aliphatic carboxylic acids is 1. The maximum Gasteiger partial charge on any atom is 0.490 e. The normalized spacial score (nSPS) is 10.7. The number of amides is 1. The molecule has 1 amide bonds. The standard InChI is InChI=1S/C22H18ClN5O.C2HF3O2/c1-28-14-15(10-20(28)21(29)26-19-9-5-6-17(23)11-19)16-12-24-22(25-13-16)27-18-7-3-2-4-8-18;3-2(4,5)1(6)7/h2-14H,1H3,(H,26,29)(H,24,25,27);(H,6,7). The number of nitrogens with one attached hydrogen (secondary N) is 2. The quantitative estimate of drug-likeness (QED) is 0.310. The van der Waals surface area contributed by atoms with Crippen LogP contribution in [0.3, 0.4) is 0 Å². The minimum absolute atomic E-state index is 0.218. The number of alkyl halides is 3. The number of hydrogen-bond acceptors (Lipinski definition) is 5. The van der Waals surface area contributed by atoms with E-state index in [1.54, 1.807) is 41.2 Å². The minimum Gasteiger partial charge on any atom is -0.475 e. The third-order valence-electron chi connectivity index (χ3n) is 4.58. The third-order valence-corrected chi connectivity index (χ3v) is 4.81. The molecule has 4 aromatic rings. The van der Waals surface area contributed by atoms with Gasteiger partial charge in [0.25, 0.3) is 5.91 Å². The molecule has 2 heterocycles. The molecule has 0 aliphatic carbocycles. The second-order valence-corrected chi connectivity index (χ2v) is 7.72. The first-order valence-electron chi connectivity index (χ1n) is 10.2. The zero-order chi connectivity index (χ0) is 26.3. The lowest BCUT2D eigenvalue weighted by molar-refractivity contribution is -0.192. The van der Waals surface area contributed by atoms with Crippen molar-refractivity contribution in [3.63, 3.8) is 0 Å². The van der Waals surface area contributed by atoms with Crippen LogP contribution in [0.15, 0.2) is 79.3 Å². The van der Waals surface area contributed by atoms with E-state index < -0.39 is 12.1 Å². The van der Waals surface area contributed by atoms with Crippen LogP contribution in [-0.4, -0.2) is 37.7 Å². The van der Waals surface area contributed by atoms with Gasteiger partial charge in [-0.15, -0.1) is 0 Å². The van der Waals surface area contributed by atoms with E-state index in [2.05, 4.69) is 20.6 Å². The van der Waals surface area contributed by atoms with Crippen LogP contribution in [-0.2, 0) is 11.8 Å². The minimum atomic E-state index is -5.08. The number of halogens is 4. The van der Waals surface area contributed by atoms with Crippen molar-refractivity contribution in [2.45, 2.75) is 6.18 Å².